The summed E-state index contributed by atoms with van der Waals surface area (Å²) in [7, 11) is -3.38. The number of carbonyl (C=O) groups excluding carboxylic acids is 1. The van der Waals surface area contributed by atoms with Crippen molar-refractivity contribution in [2.24, 2.45) is 0 Å². The number of rotatable bonds is 9. The Kier molecular flexibility index (Phi) is 7.42. The van der Waals surface area contributed by atoms with Crippen molar-refractivity contribution in [3.8, 4) is 5.82 Å². The molecule has 0 aliphatic rings. The predicted octanol–water partition coefficient (Wildman–Crippen LogP) is 3.15. The zero-order chi connectivity index (χ0) is 23.3. The van der Waals surface area contributed by atoms with E-state index in [1.165, 1.54) is 0 Å². The topological polar surface area (TPSA) is 106 Å². The molecule has 0 bridgehead atoms. The number of nitrogens with zero attached hydrogens (tertiary/aromatic N) is 3. The van der Waals surface area contributed by atoms with Crippen LogP contribution in [0.15, 0.2) is 54.9 Å². The molecule has 3 rings (SSSR count). The molecule has 0 spiro atoms. The number of sulfonamides is 1. The van der Waals surface area contributed by atoms with Crippen molar-refractivity contribution in [1.82, 2.24) is 24.8 Å². The number of amides is 1. The minimum Gasteiger partial charge on any atom is -0.348 e. The molecule has 0 saturated carbocycles. The number of benzene rings is 1. The second-order valence-electron chi connectivity index (χ2n) is 8.23. The standard InChI is InChI=1S/C23H29N5O3S/c1-16(2)22-20(14-26-28(22)21-7-5-6-12-24-21)23(29)25-13-18-8-10-19(11-9-18)15-32(30,31)27-17(3)4/h5-12,14,16-17,27H,13,15H2,1-4H3,(H,25,29). The van der Waals surface area contributed by atoms with E-state index >= 15 is 0 Å². The first-order valence-electron chi connectivity index (χ1n) is 10.5. The van der Waals surface area contributed by atoms with Crippen LogP contribution in [0.3, 0.4) is 0 Å². The van der Waals surface area contributed by atoms with Crippen LogP contribution < -0.4 is 10.0 Å². The van der Waals surface area contributed by atoms with E-state index in [0.717, 1.165) is 11.3 Å². The maximum Gasteiger partial charge on any atom is 0.255 e. The maximum atomic E-state index is 12.9. The molecule has 0 aliphatic heterocycles. The Balaban J connectivity index is 1.68. The van der Waals surface area contributed by atoms with Crippen LogP contribution in [0.2, 0.25) is 0 Å². The fourth-order valence-electron chi connectivity index (χ4n) is 3.40. The first-order valence-corrected chi connectivity index (χ1v) is 12.2. The van der Waals surface area contributed by atoms with E-state index < -0.39 is 10.0 Å². The molecule has 2 aromatic heterocycles. The quantitative estimate of drug-likeness (QED) is 0.516. The van der Waals surface area contributed by atoms with Crippen molar-refractivity contribution in [2.75, 3.05) is 0 Å². The number of hydrogen-bond donors (Lipinski definition) is 2. The van der Waals surface area contributed by atoms with Gasteiger partial charge in [-0.1, -0.05) is 44.2 Å². The van der Waals surface area contributed by atoms with Crippen LogP contribution in [0.1, 0.15) is 60.8 Å². The smallest absolute Gasteiger partial charge is 0.255 e. The molecule has 1 amide bonds. The number of hydrogen-bond acceptors (Lipinski definition) is 5. The highest BCUT2D eigenvalue weighted by Crippen LogP contribution is 2.22. The molecule has 9 heteroatoms. The van der Waals surface area contributed by atoms with Gasteiger partial charge in [0.1, 0.15) is 0 Å². The van der Waals surface area contributed by atoms with E-state index in [0.29, 0.717) is 23.5 Å². The predicted molar refractivity (Wildman–Crippen MR) is 124 cm³/mol. The normalized spacial score (nSPS) is 11.8. The van der Waals surface area contributed by atoms with Crippen LogP contribution in [0, 0.1) is 0 Å². The van der Waals surface area contributed by atoms with Crippen molar-refractivity contribution in [2.45, 2.75) is 52.0 Å². The Labute approximate surface area is 189 Å². The molecule has 0 saturated heterocycles. The van der Waals surface area contributed by atoms with Crippen molar-refractivity contribution < 1.29 is 13.2 Å². The van der Waals surface area contributed by atoms with Gasteiger partial charge >= 0.3 is 0 Å². The number of nitrogens with one attached hydrogen (secondary N) is 2. The number of carbonyl (C=O) groups is 1. The van der Waals surface area contributed by atoms with Crippen molar-refractivity contribution in [1.29, 1.82) is 0 Å². The SMILES string of the molecule is CC(C)NS(=O)(=O)Cc1ccc(CNC(=O)c2cnn(-c3ccccn3)c2C(C)C)cc1. The summed E-state index contributed by atoms with van der Waals surface area (Å²) in [6.45, 7) is 7.91. The summed E-state index contributed by atoms with van der Waals surface area (Å²) in [5, 5.41) is 7.31. The van der Waals surface area contributed by atoms with Gasteiger partial charge in [-0.2, -0.15) is 5.10 Å². The highest BCUT2D eigenvalue weighted by molar-refractivity contribution is 7.88. The molecular formula is C23H29N5O3S. The molecule has 1 aromatic carbocycles. The molecule has 0 fully saturated rings. The van der Waals surface area contributed by atoms with E-state index in [4.69, 9.17) is 0 Å². The van der Waals surface area contributed by atoms with Gasteiger partial charge in [-0.05, 0) is 43.0 Å². The van der Waals surface area contributed by atoms with Gasteiger partial charge in [0.05, 0.1) is 23.2 Å². The molecule has 32 heavy (non-hydrogen) atoms. The fourth-order valence-corrected chi connectivity index (χ4v) is 4.83. The van der Waals surface area contributed by atoms with Crippen LogP contribution in [-0.2, 0) is 22.3 Å². The monoisotopic (exact) mass is 455 g/mol. The molecular weight excluding hydrogens is 426 g/mol. The average molecular weight is 456 g/mol. The van der Waals surface area contributed by atoms with Crippen LogP contribution in [0.25, 0.3) is 5.82 Å². The Morgan fingerprint density at radius 1 is 1.03 bits per heavy atom. The summed E-state index contributed by atoms with van der Waals surface area (Å²) in [6.07, 6.45) is 3.25. The minimum absolute atomic E-state index is 0.0703. The summed E-state index contributed by atoms with van der Waals surface area (Å²) < 4.78 is 28.4. The number of pyridine rings is 1. The molecule has 0 unspecified atom stereocenters. The van der Waals surface area contributed by atoms with E-state index in [1.54, 1.807) is 43.1 Å². The minimum atomic E-state index is -3.38. The van der Waals surface area contributed by atoms with Crippen molar-refractivity contribution >= 4 is 15.9 Å². The third-order valence-corrected chi connectivity index (χ3v) is 6.26. The highest BCUT2D eigenvalue weighted by Gasteiger charge is 2.21. The van der Waals surface area contributed by atoms with Crippen LogP contribution in [0.5, 0.6) is 0 Å². The zero-order valence-corrected chi connectivity index (χ0v) is 19.6. The molecule has 0 atom stereocenters. The van der Waals surface area contributed by atoms with Crippen LogP contribution in [0.4, 0.5) is 0 Å². The van der Waals surface area contributed by atoms with E-state index in [1.807, 2.05) is 44.2 Å². The molecule has 8 nitrogen and oxygen atoms in total. The van der Waals surface area contributed by atoms with Gasteiger partial charge in [0.2, 0.25) is 10.0 Å². The Morgan fingerprint density at radius 3 is 2.31 bits per heavy atom. The zero-order valence-electron chi connectivity index (χ0n) is 18.7. The Morgan fingerprint density at radius 2 is 1.72 bits per heavy atom. The van der Waals surface area contributed by atoms with Crippen LogP contribution in [-0.4, -0.2) is 35.1 Å². The molecule has 0 radical (unpaired) electrons. The Hall–Kier alpha value is -3.04. The van der Waals surface area contributed by atoms with Gasteiger partial charge in [0.25, 0.3) is 5.91 Å². The summed E-state index contributed by atoms with van der Waals surface area (Å²) in [6, 6.07) is 12.6. The van der Waals surface area contributed by atoms with E-state index in [9.17, 15) is 13.2 Å². The third-order valence-electron chi connectivity index (χ3n) is 4.71. The second-order valence-corrected chi connectivity index (χ2v) is 9.98. The first-order chi connectivity index (χ1) is 15.2. The molecule has 2 heterocycles. The van der Waals surface area contributed by atoms with Gasteiger partial charge in [-0.3, -0.25) is 4.79 Å². The molecule has 3 aromatic rings. The lowest BCUT2D eigenvalue weighted by molar-refractivity contribution is 0.0949. The maximum absolute atomic E-state index is 12.9. The van der Waals surface area contributed by atoms with E-state index in [-0.39, 0.29) is 23.6 Å². The lowest BCUT2D eigenvalue weighted by atomic mass is 10.1. The summed E-state index contributed by atoms with van der Waals surface area (Å²) in [4.78, 5) is 17.2. The highest BCUT2D eigenvalue weighted by atomic mass is 32.2. The summed E-state index contributed by atoms with van der Waals surface area (Å²) in [5.41, 5.74) is 2.86. The molecule has 170 valence electrons. The van der Waals surface area contributed by atoms with Gasteiger partial charge in [0, 0.05) is 18.8 Å². The lowest BCUT2D eigenvalue weighted by Crippen LogP contribution is -2.31. The lowest BCUT2D eigenvalue weighted by Gasteiger charge is -2.12. The van der Waals surface area contributed by atoms with E-state index in [2.05, 4.69) is 20.1 Å². The van der Waals surface area contributed by atoms with Crippen molar-refractivity contribution in [3.05, 3.63) is 77.2 Å². The van der Waals surface area contributed by atoms with Gasteiger partial charge in [-0.15, -0.1) is 0 Å². The molecule has 0 aliphatic carbocycles. The fraction of sp³-hybridized carbons (Fsp3) is 0.348. The largest absolute Gasteiger partial charge is 0.348 e. The Bertz CT molecular complexity index is 1150. The second kappa shape index (κ2) is 10.1. The van der Waals surface area contributed by atoms with Gasteiger partial charge in [-0.25, -0.2) is 22.8 Å². The third kappa shape index (κ3) is 6.02. The van der Waals surface area contributed by atoms with Gasteiger partial charge in [0.15, 0.2) is 5.82 Å². The van der Waals surface area contributed by atoms with Crippen molar-refractivity contribution in [3.63, 3.8) is 0 Å². The average Bonchev–Trinajstić information content (AvgIpc) is 3.18. The summed E-state index contributed by atoms with van der Waals surface area (Å²) >= 11 is 0. The van der Waals surface area contributed by atoms with Gasteiger partial charge < -0.3 is 5.32 Å². The van der Waals surface area contributed by atoms with Crippen LogP contribution >= 0.6 is 0 Å². The molecule has 2 N–H and O–H groups in total. The first kappa shape index (κ1) is 23.6. The summed E-state index contributed by atoms with van der Waals surface area (Å²) in [5.74, 6) is 0.430. The number of aromatic nitrogens is 3.